The van der Waals surface area contributed by atoms with Crippen LogP contribution in [0.2, 0.25) is 0 Å². The number of nitrogens with zero attached hydrogens (tertiary/aromatic N) is 1. The summed E-state index contributed by atoms with van der Waals surface area (Å²) in [4.78, 5) is 13.9. The summed E-state index contributed by atoms with van der Waals surface area (Å²) in [7, 11) is 1.58. The lowest BCUT2D eigenvalue weighted by atomic mass is 10.1. The number of hydrogen-bond acceptors (Lipinski definition) is 3. The van der Waals surface area contributed by atoms with Crippen LogP contribution in [0.5, 0.6) is 0 Å². The quantitative estimate of drug-likeness (QED) is 0.641. The van der Waals surface area contributed by atoms with Crippen molar-refractivity contribution in [3.63, 3.8) is 0 Å². The molecular formula is C7H9NO3. The molecule has 0 saturated heterocycles. The molecule has 1 aliphatic heterocycles. The number of carboxylic acid groups (broad SMARTS) is 1. The molecule has 0 bridgehead atoms. The molecule has 11 heavy (non-hydrogen) atoms. The van der Waals surface area contributed by atoms with Crippen molar-refractivity contribution in [1.29, 1.82) is 0 Å². The van der Waals surface area contributed by atoms with Crippen LogP contribution >= 0.6 is 0 Å². The topological polar surface area (TPSA) is 58.9 Å². The number of carbonyl (C=O) groups is 1. The highest BCUT2D eigenvalue weighted by molar-refractivity contribution is 6.44. The molecule has 1 heterocycles. The average molecular weight is 155 g/mol. The fourth-order valence-corrected chi connectivity index (χ4v) is 0.808. The Labute approximate surface area is 64.2 Å². The van der Waals surface area contributed by atoms with E-state index in [0.29, 0.717) is 13.0 Å². The second kappa shape index (κ2) is 3.30. The molecule has 1 rings (SSSR count). The van der Waals surface area contributed by atoms with Gasteiger partial charge in [-0.2, -0.15) is 0 Å². The minimum atomic E-state index is -0.960. The highest BCUT2D eigenvalue weighted by Gasteiger charge is 2.19. The lowest BCUT2D eigenvalue weighted by Crippen LogP contribution is -2.21. The van der Waals surface area contributed by atoms with E-state index in [9.17, 15) is 4.79 Å². The van der Waals surface area contributed by atoms with Crippen LogP contribution in [-0.4, -0.2) is 30.5 Å². The number of carboxylic acids is 1. The van der Waals surface area contributed by atoms with Gasteiger partial charge in [0.1, 0.15) is 0 Å². The predicted molar refractivity (Wildman–Crippen MR) is 39.6 cm³/mol. The van der Waals surface area contributed by atoms with Gasteiger partial charge in [-0.1, -0.05) is 0 Å². The second-order valence-electron chi connectivity index (χ2n) is 2.18. The van der Waals surface area contributed by atoms with Gasteiger partial charge in [0.05, 0.1) is 6.61 Å². The number of ether oxygens (including phenoxy) is 1. The molecule has 0 aromatic heterocycles. The fourth-order valence-electron chi connectivity index (χ4n) is 0.808. The van der Waals surface area contributed by atoms with Gasteiger partial charge in [0, 0.05) is 18.9 Å². The Hall–Kier alpha value is -1.16. The Bertz CT molecular complexity index is 230. The van der Waals surface area contributed by atoms with Crippen LogP contribution in [0.1, 0.15) is 6.42 Å². The Kier molecular flexibility index (Phi) is 2.38. The van der Waals surface area contributed by atoms with Crippen LogP contribution in [0.25, 0.3) is 0 Å². The molecule has 0 aliphatic carbocycles. The molecule has 60 valence electrons. The van der Waals surface area contributed by atoms with E-state index in [4.69, 9.17) is 9.84 Å². The summed E-state index contributed by atoms with van der Waals surface area (Å²) in [6.45, 7) is 0.540. The van der Waals surface area contributed by atoms with E-state index in [1.54, 1.807) is 13.3 Å². The third-order valence-electron chi connectivity index (χ3n) is 1.43. The lowest BCUT2D eigenvalue weighted by molar-refractivity contribution is -0.129. The normalized spacial score (nSPS) is 15.0. The molecule has 4 heteroatoms. The van der Waals surface area contributed by atoms with Gasteiger partial charge in [-0.25, -0.2) is 9.79 Å². The number of aliphatic imine (C=N–C) groups is 1. The third-order valence-corrected chi connectivity index (χ3v) is 1.43. The van der Waals surface area contributed by atoms with Gasteiger partial charge in [0.25, 0.3) is 0 Å². The summed E-state index contributed by atoms with van der Waals surface area (Å²) in [5, 5.41) is 8.49. The standard InChI is InChI=1S/C7H9NO3/c1-11-3-2-5-4-8-6(5)7(9)10/h4H,2-3H2,1H3,(H,9,10). The first-order valence-corrected chi connectivity index (χ1v) is 3.25. The molecule has 0 atom stereocenters. The van der Waals surface area contributed by atoms with Gasteiger partial charge < -0.3 is 9.84 Å². The first kappa shape index (κ1) is 7.94. The maximum Gasteiger partial charge on any atom is 0.354 e. The van der Waals surface area contributed by atoms with Crippen molar-refractivity contribution in [2.45, 2.75) is 6.42 Å². The van der Waals surface area contributed by atoms with Gasteiger partial charge >= 0.3 is 5.97 Å². The Morgan fingerprint density at radius 3 is 2.91 bits per heavy atom. The van der Waals surface area contributed by atoms with Crippen molar-refractivity contribution in [3.8, 4) is 0 Å². The first-order valence-electron chi connectivity index (χ1n) is 3.25. The molecule has 0 aromatic carbocycles. The number of hydrogen-bond donors (Lipinski definition) is 1. The summed E-state index contributed by atoms with van der Waals surface area (Å²) in [6, 6.07) is 0. The summed E-state index contributed by atoms with van der Waals surface area (Å²) in [5.41, 5.74) is 0.932. The van der Waals surface area contributed by atoms with E-state index in [0.717, 1.165) is 5.57 Å². The molecule has 0 unspecified atom stereocenters. The monoisotopic (exact) mass is 155 g/mol. The largest absolute Gasteiger partial charge is 0.477 e. The molecule has 0 amide bonds. The average Bonchev–Trinajstić information content (AvgIpc) is 1.84. The minimum Gasteiger partial charge on any atom is -0.477 e. The fraction of sp³-hybridized carbons (Fsp3) is 0.429. The van der Waals surface area contributed by atoms with Gasteiger partial charge in [0.15, 0.2) is 5.71 Å². The molecule has 1 aliphatic rings. The minimum absolute atomic E-state index is 0.169. The molecular weight excluding hydrogens is 146 g/mol. The van der Waals surface area contributed by atoms with Crippen LogP contribution in [0.3, 0.4) is 0 Å². The van der Waals surface area contributed by atoms with E-state index in [1.165, 1.54) is 0 Å². The summed E-state index contributed by atoms with van der Waals surface area (Å²) in [6.07, 6.45) is 2.18. The second-order valence-corrected chi connectivity index (χ2v) is 2.18. The predicted octanol–water partition coefficient (Wildman–Crippen LogP) is 0.446. The van der Waals surface area contributed by atoms with E-state index < -0.39 is 5.97 Å². The number of rotatable bonds is 4. The van der Waals surface area contributed by atoms with Crippen LogP contribution < -0.4 is 0 Å². The van der Waals surface area contributed by atoms with Gasteiger partial charge in [0.2, 0.25) is 0 Å². The van der Waals surface area contributed by atoms with E-state index >= 15 is 0 Å². The molecule has 0 aromatic rings. The number of methoxy groups -OCH3 is 1. The zero-order valence-electron chi connectivity index (χ0n) is 6.20. The van der Waals surface area contributed by atoms with Gasteiger partial charge in [-0.3, -0.25) is 0 Å². The van der Waals surface area contributed by atoms with E-state index in [2.05, 4.69) is 4.99 Å². The van der Waals surface area contributed by atoms with Crippen LogP contribution in [0.4, 0.5) is 0 Å². The van der Waals surface area contributed by atoms with Gasteiger partial charge in [-0.15, -0.1) is 0 Å². The van der Waals surface area contributed by atoms with Crippen molar-refractivity contribution >= 4 is 11.7 Å². The molecule has 1 N–H and O–H groups in total. The molecule has 4 nitrogen and oxygen atoms in total. The van der Waals surface area contributed by atoms with Crippen LogP contribution in [-0.2, 0) is 9.53 Å². The van der Waals surface area contributed by atoms with Crippen LogP contribution in [0, 0.1) is 0 Å². The summed E-state index contributed by atoms with van der Waals surface area (Å²) < 4.78 is 4.79. The maximum absolute atomic E-state index is 10.3. The zero-order valence-corrected chi connectivity index (χ0v) is 6.20. The Morgan fingerprint density at radius 1 is 1.82 bits per heavy atom. The lowest BCUT2D eigenvalue weighted by Gasteiger charge is -2.11. The highest BCUT2D eigenvalue weighted by atomic mass is 16.5. The van der Waals surface area contributed by atoms with Crippen molar-refractivity contribution in [1.82, 2.24) is 0 Å². The Balaban J connectivity index is 2.35. The highest BCUT2D eigenvalue weighted by Crippen LogP contribution is 2.13. The molecule has 0 radical (unpaired) electrons. The number of aliphatic carboxylic acids is 1. The molecule has 0 spiro atoms. The van der Waals surface area contributed by atoms with E-state index in [-0.39, 0.29) is 5.71 Å². The SMILES string of the molecule is COCCC1=CN=C1C(=O)O. The smallest absolute Gasteiger partial charge is 0.354 e. The van der Waals surface area contributed by atoms with Crippen molar-refractivity contribution < 1.29 is 14.6 Å². The first-order chi connectivity index (χ1) is 5.25. The van der Waals surface area contributed by atoms with Crippen molar-refractivity contribution in [2.75, 3.05) is 13.7 Å². The summed E-state index contributed by atoms with van der Waals surface area (Å²) in [5.74, 6) is -0.960. The van der Waals surface area contributed by atoms with Crippen molar-refractivity contribution in [2.24, 2.45) is 4.99 Å². The molecule has 0 saturated carbocycles. The molecule has 0 fully saturated rings. The Morgan fingerprint density at radius 2 is 2.55 bits per heavy atom. The summed E-state index contributed by atoms with van der Waals surface area (Å²) >= 11 is 0. The zero-order chi connectivity index (χ0) is 8.27. The van der Waals surface area contributed by atoms with Gasteiger partial charge in [-0.05, 0) is 6.42 Å². The van der Waals surface area contributed by atoms with Crippen molar-refractivity contribution in [3.05, 3.63) is 11.8 Å². The van der Waals surface area contributed by atoms with Crippen LogP contribution in [0.15, 0.2) is 16.8 Å². The third kappa shape index (κ3) is 1.65. The maximum atomic E-state index is 10.3. The van der Waals surface area contributed by atoms with E-state index in [1.807, 2.05) is 0 Å².